The quantitative estimate of drug-likeness (QED) is 0.208. The van der Waals surface area contributed by atoms with Gasteiger partial charge >= 0.3 is 5.97 Å². The lowest BCUT2D eigenvalue weighted by Gasteiger charge is -2.47. The number of aliphatic hydroxyl groups excluding tert-OH is 4. The van der Waals surface area contributed by atoms with E-state index in [0.717, 1.165) is 6.42 Å². The van der Waals surface area contributed by atoms with Crippen LogP contribution < -0.4 is 5.32 Å². The van der Waals surface area contributed by atoms with Gasteiger partial charge in [-0.15, -0.1) is 0 Å². The minimum absolute atomic E-state index is 0.169. The van der Waals surface area contributed by atoms with Crippen LogP contribution in [0, 0.1) is 0 Å². The monoisotopic (exact) mass is 451 g/mol. The Kier molecular flexibility index (Phi) is 9.58. The number of hydrogen-bond acceptors (Lipinski definition) is 10. The summed E-state index contributed by atoms with van der Waals surface area (Å²) in [6.07, 6.45) is -10.9. The predicted molar refractivity (Wildman–Crippen MR) is 103 cm³/mol. The van der Waals surface area contributed by atoms with Crippen LogP contribution in [0.25, 0.3) is 0 Å². The molecule has 0 spiro atoms. The van der Waals surface area contributed by atoms with Crippen LogP contribution >= 0.6 is 0 Å². The third-order valence-electron chi connectivity index (χ3n) is 5.40. The summed E-state index contributed by atoms with van der Waals surface area (Å²) < 4.78 is 22.0. The number of carboxylic acids is 1. The van der Waals surface area contributed by atoms with E-state index >= 15 is 0 Å². The Balaban J connectivity index is 2.22. The summed E-state index contributed by atoms with van der Waals surface area (Å²) in [6, 6.07) is -0.898. The first kappa shape index (κ1) is 25.9. The standard InChI is InChI=1S/C19H33NO11/c1-4-5-6-28-16-13(24)14(25)19(31-17(16)18(26)27)30-15-11(20-9(3)22)8(2)29-10(7-21)12(15)23/h8,10-17,19,21,23-25H,4-7H2,1-3H3,(H,20,22)(H,26,27)/t8?,10?,11-,12-,13?,14+,15?,16+,17?,19-/m1/s1. The fourth-order valence-electron chi connectivity index (χ4n) is 3.74. The van der Waals surface area contributed by atoms with Crippen LogP contribution in [0.15, 0.2) is 0 Å². The average molecular weight is 451 g/mol. The molecule has 0 aromatic rings. The summed E-state index contributed by atoms with van der Waals surface area (Å²) in [4.78, 5) is 23.3. The minimum atomic E-state index is -1.70. The van der Waals surface area contributed by atoms with E-state index in [2.05, 4.69) is 5.32 Å². The van der Waals surface area contributed by atoms with Crippen molar-refractivity contribution in [2.75, 3.05) is 13.2 Å². The maximum Gasteiger partial charge on any atom is 0.335 e. The number of carbonyl (C=O) groups is 2. The van der Waals surface area contributed by atoms with Crippen molar-refractivity contribution in [3.05, 3.63) is 0 Å². The number of nitrogens with one attached hydrogen (secondary N) is 1. The molecule has 0 bridgehead atoms. The van der Waals surface area contributed by atoms with Gasteiger partial charge in [0.1, 0.15) is 36.6 Å². The van der Waals surface area contributed by atoms with E-state index in [-0.39, 0.29) is 6.61 Å². The Labute approximate surface area is 180 Å². The molecule has 1 amide bonds. The van der Waals surface area contributed by atoms with Gasteiger partial charge in [0.2, 0.25) is 5.91 Å². The summed E-state index contributed by atoms with van der Waals surface area (Å²) in [5.41, 5.74) is 0. The van der Waals surface area contributed by atoms with E-state index in [0.29, 0.717) is 6.42 Å². The highest BCUT2D eigenvalue weighted by Crippen LogP contribution is 2.30. The average Bonchev–Trinajstić information content (AvgIpc) is 2.71. The fraction of sp³-hybridized carbons (Fsp3) is 0.895. The minimum Gasteiger partial charge on any atom is -0.479 e. The van der Waals surface area contributed by atoms with Crippen LogP contribution in [0.1, 0.15) is 33.6 Å². The van der Waals surface area contributed by atoms with E-state index in [9.17, 15) is 35.1 Å². The summed E-state index contributed by atoms with van der Waals surface area (Å²) in [7, 11) is 0. The van der Waals surface area contributed by atoms with Crippen LogP contribution in [0.5, 0.6) is 0 Å². The molecule has 0 aromatic heterocycles. The van der Waals surface area contributed by atoms with Crippen molar-refractivity contribution in [1.82, 2.24) is 5.32 Å². The van der Waals surface area contributed by atoms with E-state index in [1.807, 2.05) is 6.92 Å². The molecule has 2 rings (SSSR count). The van der Waals surface area contributed by atoms with Crippen LogP contribution in [0.2, 0.25) is 0 Å². The van der Waals surface area contributed by atoms with Crippen LogP contribution in [-0.2, 0) is 28.5 Å². The summed E-state index contributed by atoms with van der Waals surface area (Å²) >= 11 is 0. The molecular weight excluding hydrogens is 418 g/mol. The molecular formula is C19H33NO11. The van der Waals surface area contributed by atoms with Crippen molar-refractivity contribution < 1.29 is 54.1 Å². The first-order chi connectivity index (χ1) is 14.6. The third-order valence-corrected chi connectivity index (χ3v) is 5.40. The molecule has 2 fully saturated rings. The van der Waals surface area contributed by atoms with Gasteiger partial charge in [0.05, 0.1) is 18.8 Å². The molecule has 180 valence electrons. The molecule has 6 N–H and O–H groups in total. The van der Waals surface area contributed by atoms with E-state index in [1.165, 1.54) is 6.92 Å². The molecule has 2 heterocycles. The van der Waals surface area contributed by atoms with Crippen molar-refractivity contribution in [3.63, 3.8) is 0 Å². The molecule has 0 saturated carbocycles. The second-order valence-electron chi connectivity index (χ2n) is 7.81. The SMILES string of the molecule is CCCCO[C@@H]1C(C(=O)O)O[C@@H](OC2[C@H](O)C(CO)OC(C)[C@H]2NC(C)=O)[C@@H](O)C1O. The Morgan fingerprint density at radius 3 is 2.29 bits per heavy atom. The van der Waals surface area contributed by atoms with Gasteiger partial charge in [-0.2, -0.15) is 0 Å². The van der Waals surface area contributed by atoms with Gasteiger partial charge < -0.3 is 49.8 Å². The van der Waals surface area contributed by atoms with Gasteiger partial charge in [-0.1, -0.05) is 13.3 Å². The number of carboxylic acid groups (broad SMARTS) is 1. The molecule has 2 aliphatic heterocycles. The highest BCUT2D eigenvalue weighted by molar-refractivity contribution is 5.73. The molecule has 0 aromatic carbocycles. The number of hydrogen-bond donors (Lipinski definition) is 6. The maximum absolute atomic E-state index is 11.7. The third kappa shape index (κ3) is 6.11. The molecule has 5 unspecified atom stereocenters. The molecule has 0 radical (unpaired) electrons. The molecule has 10 atom stereocenters. The zero-order chi connectivity index (χ0) is 23.3. The highest BCUT2D eigenvalue weighted by Gasteiger charge is 2.52. The van der Waals surface area contributed by atoms with Crippen molar-refractivity contribution in [2.24, 2.45) is 0 Å². The topological polar surface area (TPSA) is 184 Å². The number of aliphatic hydroxyl groups is 4. The van der Waals surface area contributed by atoms with Crippen molar-refractivity contribution in [2.45, 2.75) is 94.8 Å². The second kappa shape index (κ2) is 11.5. The summed E-state index contributed by atoms with van der Waals surface area (Å²) in [5.74, 6) is -1.87. The molecule has 0 aliphatic carbocycles. The summed E-state index contributed by atoms with van der Waals surface area (Å²) in [6.45, 7) is 4.39. The first-order valence-electron chi connectivity index (χ1n) is 10.3. The number of carbonyl (C=O) groups excluding carboxylic acids is 1. The lowest BCUT2D eigenvalue weighted by Crippen LogP contribution is -2.67. The van der Waals surface area contributed by atoms with E-state index in [4.69, 9.17) is 18.9 Å². The largest absolute Gasteiger partial charge is 0.479 e. The molecule has 2 aliphatic rings. The zero-order valence-electron chi connectivity index (χ0n) is 17.8. The molecule has 12 heteroatoms. The molecule has 31 heavy (non-hydrogen) atoms. The van der Waals surface area contributed by atoms with E-state index in [1.54, 1.807) is 6.92 Å². The van der Waals surface area contributed by atoms with Gasteiger partial charge in [-0.3, -0.25) is 4.79 Å². The fourth-order valence-corrected chi connectivity index (χ4v) is 3.74. The number of rotatable bonds is 9. The van der Waals surface area contributed by atoms with Gasteiger partial charge in [0.25, 0.3) is 0 Å². The Bertz CT molecular complexity index is 605. The van der Waals surface area contributed by atoms with Crippen molar-refractivity contribution in [3.8, 4) is 0 Å². The van der Waals surface area contributed by atoms with Crippen LogP contribution in [0.3, 0.4) is 0 Å². The lowest BCUT2D eigenvalue weighted by molar-refractivity contribution is -0.329. The van der Waals surface area contributed by atoms with Crippen molar-refractivity contribution >= 4 is 11.9 Å². The highest BCUT2D eigenvalue weighted by atomic mass is 16.7. The Morgan fingerprint density at radius 1 is 1.06 bits per heavy atom. The van der Waals surface area contributed by atoms with Crippen LogP contribution in [0.4, 0.5) is 0 Å². The number of amides is 1. The molecule has 2 saturated heterocycles. The van der Waals surface area contributed by atoms with Crippen LogP contribution in [-0.4, -0.2) is 112 Å². The Morgan fingerprint density at radius 2 is 1.74 bits per heavy atom. The lowest BCUT2D eigenvalue weighted by atomic mass is 9.92. The first-order valence-corrected chi connectivity index (χ1v) is 10.3. The smallest absolute Gasteiger partial charge is 0.335 e. The number of unbranched alkanes of at least 4 members (excludes halogenated alkanes) is 1. The number of ether oxygens (including phenoxy) is 4. The van der Waals surface area contributed by atoms with Gasteiger partial charge in [0.15, 0.2) is 12.4 Å². The molecule has 12 nitrogen and oxygen atoms in total. The van der Waals surface area contributed by atoms with E-state index < -0.39 is 79.6 Å². The van der Waals surface area contributed by atoms with Gasteiger partial charge in [-0.05, 0) is 13.3 Å². The van der Waals surface area contributed by atoms with Gasteiger partial charge in [0, 0.05) is 13.5 Å². The normalized spacial score (nSPS) is 41.0. The maximum atomic E-state index is 11.7. The second-order valence-corrected chi connectivity index (χ2v) is 7.81. The number of aliphatic carboxylic acids is 1. The van der Waals surface area contributed by atoms with Gasteiger partial charge in [-0.25, -0.2) is 4.79 Å². The zero-order valence-corrected chi connectivity index (χ0v) is 17.8. The summed E-state index contributed by atoms with van der Waals surface area (Å²) in [5, 5.41) is 53.2. The Hall–Kier alpha value is -1.38. The van der Waals surface area contributed by atoms with Crippen molar-refractivity contribution in [1.29, 1.82) is 0 Å². The predicted octanol–water partition coefficient (Wildman–Crippen LogP) is -2.27.